The van der Waals surface area contributed by atoms with E-state index in [1.165, 1.54) is 37.2 Å². The second-order valence-corrected chi connectivity index (χ2v) is 6.84. The quantitative estimate of drug-likeness (QED) is 0.912. The number of benzene rings is 1. The van der Waals surface area contributed by atoms with Crippen molar-refractivity contribution in [2.24, 2.45) is 0 Å². The Bertz CT molecular complexity index is 462. The smallest absolute Gasteiger partial charge is 0.0369 e. The minimum Gasteiger partial charge on any atom is -0.372 e. The maximum Gasteiger partial charge on any atom is 0.0369 e. The lowest BCUT2D eigenvalue weighted by molar-refractivity contribution is 0.233. The topological polar surface area (TPSA) is 21.8 Å². The minimum atomic E-state index is 0.686. The van der Waals surface area contributed by atoms with Crippen molar-refractivity contribution in [1.82, 2.24) is 15.1 Å². The van der Waals surface area contributed by atoms with Crippen LogP contribution in [0.1, 0.15) is 18.4 Å². The summed E-state index contributed by atoms with van der Waals surface area (Å²) in [7, 11) is 4.49. The first-order valence-corrected chi connectivity index (χ1v) is 8.66. The number of anilines is 1. The summed E-state index contributed by atoms with van der Waals surface area (Å²) in [5.41, 5.74) is 2.82. The van der Waals surface area contributed by atoms with Gasteiger partial charge in [-0.05, 0) is 50.7 Å². The lowest BCUT2D eigenvalue weighted by atomic mass is 10.0. The highest BCUT2D eigenvalue weighted by Crippen LogP contribution is 2.23. The highest BCUT2D eigenvalue weighted by Gasteiger charge is 2.21. The summed E-state index contributed by atoms with van der Waals surface area (Å²) in [6.07, 6.45) is 2.55. The van der Waals surface area contributed by atoms with Crippen LogP contribution in [0.4, 0.5) is 5.69 Å². The highest BCUT2D eigenvalue weighted by atomic mass is 15.2. The summed E-state index contributed by atoms with van der Waals surface area (Å²) < 4.78 is 0. The van der Waals surface area contributed by atoms with Gasteiger partial charge in [0.05, 0.1) is 0 Å². The minimum absolute atomic E-state index is 0.686. The number of nitrogens with zero attached hydrogens (tertiary/aromatic N) is 3. The molecular weight excluding hydrogens is 272 g/mol. The molecule has 2 heterocycles. The van der Waals surface area contributed by atoms with Gasteiger partial charge in [0.25, 0.3) is 0 Å². The standard InChI is InChI=1S/C18H30N4/c1-20-10-6-17(7-11-20)21(2)18-5-3-4-16(14-18)15-22-12-8-19-9-13-22/h3-5,14,17,19H,6-13,15H2,1-2H3. The first-order chi connectivity index (χ1) is 10.7. The Morgan fingerprint density at radius 2 is 1.86 bits per heavy atom. The van der Waals surface area contributed by atoms with Crippen LogP contribution < -0.4 is 10.2 Å². The maximum atomic E-state index is 3.42. The van der Waals surface area contributed by atoms with E-state index < -0.39 is 0 Å². The Hall–Kier alpha value is -1.10. The Labute approximate surface area is 135 Å². The molecule has 0 aliphatic carbocycles. The van der Waals surface area contributed by atoms with Gasteiger partial charge in [-0.3, -0.25) is 4.90 Å². The van der Waals surface area contributed by atoms with Gasteiger partial charge in [-0.15, -0.1) is 0 Å². The Morgan fingerprint density at radius 3 is 2.59 bits per heavy atom. The van der Waals surface area contributed by atoms with Crippen LogP contribution >= 0.6 is 0 Å². The second-order valence-electron chi connectivity index (χ2n) is 6.84. The average molecular weight is 302 g/mol. The second kappa shape index (κ2) is 7.44. The molecule has 122 valence electrons. The molecule has 3 rings (SSSR count). The molecule has 0 radical (unpaired) electrons. The molecule has 1 aromatic rings. The van der Waals surface area contributed by atoms with Crippen molar-refractivity contribution in [3.8, 4) is 0 Å². The fraction of sp³-hybridized carbons (Fsp3) is 0.667. The van der Waals surface area contributed by atoms with Gasteiger partial charge in [0, 0.05) is 51.5 Å². The molecule has 2 saturated heterocycles. The Balaban J connectivity index is 1.62. The molecule has 4 nitrogen and oxygen atoms in total. The summed E-state index contributed by atoms with van der Waals surface area (Å²) in [5, 5.41) is 3.42. The van der Waals surface area contributed by atoms with Gasteiger partial charge in [0.15, 0.2) is 0 Å². The van der Waals surface area contributed by atoms with Crippen molar-refractivity contribution in [3.05, 3.63) is 29.8 Å². The van der Waals surface area contributed by atoms with Gasteiger partial charge in [0.1, 0.15) is 0 Å². The molecule has 1 N–H and O–H groups in total. The first-order valence-electron chi connectivity index (χ1n) is 8.66. The molecule has 2 aliphatic rings. The number of rotatable bonds is 4. The largest absolute Gasteiger partial charge is 0.372 e. The summed E-state index contributed by atoms with van der Waals surface area (Å²) >= 11 is 0. The lowest BCUT2D eigenvalue weighted by Gasteiger charge is -2.36. The zero-order chi connectivity index (χ0) is 15.4. The number of hydrogen-bond acceptors (Lipinski definition) is 4. The molecule has 0 spiro atoms. The molecule has 0 saturated carbocycles. The zero-order valence-electron chi connectivity index (χ0n) is 14.1. The third-order valence-corrected chi connectivity index (χ3v) is 5.17. The van der Waals surface area contributed by atoms with Crippen LogP contribution in [0.2, 0.25) is 0 Å². The molecule has 0 amide bonds. The van der Waals surface area contributed by atoms with Crippen LogP contribution in [0, 0.1) is 0 Å². The molecule has 1 aromatic carbocycles. The third-order valence-electron chi connectivity index (χ3n) is 5.17. The number of hydrogen-bond donors (Lipinski definition) is 1. The van der Waals surface area contributed by atoms with E-state index >= 15 is 0 Å². The molecular formula is C18H30N4. The van der Waals surface area contributed by atoms with Gasteiger partial charge in [-0.25, -0.2) is 0 Å². The molecule has 0 aromatic heterocycles. The van der Waals surface area contributed by atoms with E-state index in [9.17, 15) is 0 Å². The predicted molar refractivity (Wildman–Crippen MR) is 93.5 cm³/mol. The van der Waals surface area contributed by atoms with Gasteiger partial charge in [0.2, 0.25) is 0 Å². The number of nitrogens with one attached hydrogen (secondary N) is 1. The van der Waals surface area contributed by atoms with Crippen molar-refractivity contribution < 1.29 is 0 Å². The normalized spacial score (nSPS) is 21.9. The fourth-order valence-corrected chi connectivity index (χ4v) is 3.59. The number of piperidine rings is 1. The lowest BCUT2D eigenvalue weighted by Crippen LogP contribution is -2.43. The van der Waals surface area contributed by atoms with Gasteiger partial charge >= 0.3 is 0 Å². The Morgan fingerprint density at radius 1 is 1.14 bits per heavy atom. The predicted octanol–water partition coefficient (Wildman–Crippen LogP) is 1.62. The summed E-state index contributed by atoms with van der Waals surface area (Å²) in [6.45, 7) is 8.08. The summed E-state index contributed by atoms with van der Waals surface area (Å²) in [6, 6.07) is 9.83. The van der Waals surface area contributed by atoms with Gasteiger partial charge in [-0.1, -0.05) is 12.1 Å². The SMILES string of the molecule is CN1CCC(N(C)c2cccc(CN3CCNCC3)c2)CC1. The van der Waals surface area contributed by atoms with E-state index in [1.54, 1.807) is 0 Å². The van der Waals surface area contributed by atoms with Crippen molar-refractivity contribution >= 4 is 5.69 Å². The molecule has 0 bridgehead atoms. The summed E-state index contributed by atoms with van der Waals surface area (Å²) in [5.74, 6) is 0. The maximum absolute atomic E-state index is 3.42. The highest BCUT2D eigenvalue weighted by molar-refractivity contribution is 5.49. The van der Waals surface area contributed by atoms with Crippen LogP contribution in [-0.4, -0.2) is 69.2 Å². The molecule has 2 aliphatic heterocycles. The molecule has 0 atom stereocenters. The molecule has 2 fully saturated rings. The van der Waals surface area contributed by atoms with E-state index in [2.05, 4.69) is 58.4 Å². The van der Waals surface area contributed by atoms with Crippen LogP contribution in [-0.2, 0) is 6.54 Å². The van der Waals surface area contributed by atoms with E-state index in [0.29, 0.717) is 6.04 Å². The van der Waals surface area contributed by atoms with Crippen LogP contribution in [0.25, 0.3) is 0 Å². The first kappa shape index (κ1) is 15.8. The molecule has 0 unspecified atom stereocenters. The Kier molecular flexibility index (Phi) is 5.34. The fourth-order valence-electron chi connectivity index (χ4n) is 3.59. The van der Waals surface area contributed by atoms with Crippen molar-refractivity contribution in [1.29, 1.82) is 0 Å². The van der Waals surface area contributed by atoms with Crippen LogP contribution in [0.15, 0.2) is 24.3 Å². The monoisotopic (exact) mass is 302 g/mol. The summed E-state index contributed by atoms with van der Waals surface area (Å²) in [4.78, 5) is 7.48. The number of piperazine rings is 1. The van der Waals surface area contributed by atoms with E-state index in [1.807, 2.05) is 0 Å². The van der Waals surface area contributed by atoms with E-state index in [0.717, 1.165) is 32.7 Å². The number of likely N-dealkylation sites (tertiary alicyclic amines) is 1. The van der Waals surface area contributed by atoms with Crippen molar-refractivity contribution in [3.63, 3.8) is 0 Å². The average Bonchev–Trinajstić information content (AvgIpc) is 2.56. The molecule has 22 heavy (non-hydrogen) atoms. The zero-order valence-corrected chi connectivity index (χ0v) is 14.1. The van der Waals surface area contributed by atoms with Crippen molar-refractivity contribution in [2.45, 2.75) is 25.4 Å². The van der Waals surface area contributed by atoms with Gasteiger partial charge in [-0.2, -0.15) is 0 Å². The van der Waals surface area contributed by atoms with E-state index in [4.69, 9.17) is 0 Å². The van der Waals surface area contributed by atoms with Crippen LogP contribution in [0.5, 0.6) is 0 Å². The third kappa shape index (κ3) is 4.00. The molecule has 4 heteroatoms. The van der Waals surface area contributed by atoms with E-state index in [-0.39, 0.29) is 0 Å². The van der Waals surface area contributed by atoms with Crippen LogP contribution in [0.3, 0.4) is 0 Å². The van der Waals surface area contributed by atoms with Gasteiger partial charge < -0.3 is 15.1 Å². The van der Waals surface area contributed by atoms with Crippen molar-refractivity contribution in [2.75, 3.05) is 58.3 Å².